The monoisotopic (exact) mass is 372 g/mol. The highest BCUT2D eigenvalue weighted by atomic mass is 16.5. The van der Waals surface area contributed by atoms with E-state index in [0.29, 0.717) is 6.42 Å². The molecule has 2 aromatic rings. The topological polar surface area (TPSA) is 80.6 Å². The third-order valence-electron chi connectivity index (χ3n) is 4.46. The number of hydrogen-bond donors (Lipinski definition) is 2. The molecule has 6 nitrogen and oxygen atoms in total. The number of benzene rings is 1. The predicted octanol–water partition coefficient (Wildman–Crippen LogP) is 3.67. The van der Waals surface area contributed by atoms with Crippen LogP contribution in [0.4, 0.5) is 4.79 Å². The molecule has 0 spiro atoms. The van der Waals surface area contributed by atoms with E-state index in [2.05, 4.69) is 10.6 Å². The number of carbonyl (C=O) groups excluding carboxylic acids is 2. The van der Waals surface area contributed by atoms with Crippen molar-refractivity contribution in [1.29, 1.82) is 0 Å². The summed E-state index contributed by atoms with van der Waals surface area (Å²) >= 11 is 0. The van der Waals surface area contributed by atoms with Crippen LogP contribution in [0.5, 0.6) is 0 Å². The molecular weight excluding hydrogens is 344 g/mol. The van der Waals surface area contributed by atoms with Crippen molar-refractivity contribution < 1.29 is 18.7 Å². The first-order valence-electron chi connectivity index (χ1n) is 9.29. The number of alkyl carbamates (subject to hydrolysis) is 1. The standard InChI is InChI=1S/C21H28N2O4/c1-4-15(2)19(20(24)22-16(3)13-18-11-8-12-26-18)23-21(25)27-14-17-9-6-5-7-10-17/h5-12,15-16,19H,4,13-14H2,1-3H3,(H,22,24)(H,23,25)/t15-,16?,19-/m0/s1. The Morgan fingerprint density at radius 3 is 2.44 bits per heavy atom. The lowest BCUT2D eigenvalue weighted by Crippen LogP contribution is -2.52. The fraction of sp³-hybridized carbons (Fsp3) is 0.429. The SMILES string of the molecule is CC[C@H](C)[C@H](NC(=O)OCc1ccccc1)C(=O)NC(C)Cc1ccco1. The molecule has 1 unspecified atom stereocenters. The van der Waals surface area contributed by atoms with Gasteiger partial charge in [-0.2, -0.15) is 0 Å². The van der Waals surface area contributed by atoms with Gasteiger partial charge in [-0.1, -0.05) is 50.6 Å². The Morgan fingerprint density at radius 1 is 1.07 bits per heavy atom. The molecule has 0 bridgehead atoms. The van der Waals surface area contributed by atoms with Crippen molar-refractivity contribution in [2.75, 3.05) is 0 Å². The fourth-order valence-electron chi connectivity index (χ4n) is 2.71. The van der Waals surface area contributed by atoms with Crippen molar-refractivity contribution in [3.63, 3.8) is 0 Å². The lowest BCUT2D eigenvalue weighted by Gasteiger charge is -2.25. The summed E-state index contributed by atoms with van der Waals surface area (Å²) in [6.07, 6.45) is 2.35. The van der Waals surface area contributed by atoms with Gasteiger partial charge in [0.2, 0.25) is 5.91 Å². The number of ether oxygens (including phenoxy) is 1. The van der Waals surface area contributed by atoms with Crippen LogP contribution in [0.25, 0.3) is 0 Å². The zero-order valence-electron chi connectivity index (χ0n) is 16.1. The Balaban J connectivity index is 1.88. The van der Waals surface area contributed by atoms with Crippen LogP contribution in [0.2, 0.25) is 0 Å². The van der Waals surface area contributed by atoms with E-state index in [9.17, 15) is 9.59 Å². The molecule has 1 aromatic carbocycles. The van der Waals surface area contributed by atoms with Gasteiger partial charge in [-0.25, -0.2) is 4.79 Å². The average Bonchev–Trinajstić information content (AvgIpc) is 3.17. The first-order chi connectivity index (χ1) is 13.0. The molecule has 0 saturated carbocycles. The summed E-state index contributed by atoms with van der Waals surface area (Å²) in [6.45, 7) is 5.98. The number of nitrogens with one attached hydrogen (secondary N) is 2. The minimum absolute atomic E-state index is 0.0231. The average molecular weight is 372 g/mol. The summed E-state index contributed by atoms with van der Waals surface area (Å²) in [6, 6.07) is 12.3. The van der Waals surface area contributed by atoms with Crippen LogP contribution >= 0.6 is 0 Å². The second-order valence-electron chi connectivity index (χ2n) is 6.76. The van der Waals surface area contributed by atoms with Crippen molar-refractivity contribution in [3.05, 3.63) is 60.1 Å². The lowest BCUT2D eigenvalue weighted by molar-refractivity contribution is -0.124. The zero-order chi connectivity index (χ0) is 19.6. The van der Waals surface area contributed by atoms with E-state index in [-0.39, 0.29) is 24.5 Å². The molecule has 1 heterocycles. The summed E-state index contributed by atoms with van der Waals surface area (Å²) in [5, 5.41) is 5.65. The molecule has 27 heavy (non-hydrogen) atoms. The summed E-state index contributed by atoms with van der Waals surface area (Å²) in [7, 11) is 0. The Morgan fingerprint density at radius 2 is 1.81 bits per heavy atom. The Kier molecular flexibility index (Phi) is 7.92. The molecule has 0 radical (unpaired) electrons. The molecule has 2 N–H and O–H groups in total. The van der Waals surface area contributed by atoms with Crippen molar-refractivity contribution in [3.8, 4) is 0 Å². The minimum Gasteiger partial charge on any atom is -0.469 e. The van der Waals surface area contributed by atoms with Gasteiger partial charge in [0.1, 0.15) is 18.4 Å². The van der Waals surface area contributed by atoms with E-state index in [1.54, 1.807) is 6.26 Å². The van der Waals surface area contributed by atoms with E-state index >= 15 is 0 Å². The number of hydrogen-bond acceptors (Lipinski definition) is 4. The van der Waals surface area contributed by atoms with Crippen LogP contribution in [-0.4, -0.2) is 24.1 Å². The molecule has 0 aliphatic carbocycles. The van der Waals surface area contributed by atoms with Crippen molar-refractivity contribution >= 4 is 12.0 Å². The van der Waals surface area contributed by atoms with Crippen molar-refractivity contribution in [1.82, 2.24) is 10.6 Å². The zero-order valence-corrected chi connectivity index (χ0v) is 16.1. The molecule has 3 atom stereocenters. The van der Waals surface area contributed by atoms with Gasteiger partial charge in [0, 0.05) is 12.5 Å². The third kappa shape index (κ3) is 6.81. The van der Waals surface area contributed by atoms with Gasteiger partial charge in [-0.15, -0.1) is 0 Å². The van der Waals surface area contributed by atoms with E-state index in [0.717, 1.165) is 17.7 Å². The molecule has 0 saturated heterocycles. The molecule has 0 fully saturated rings. The third-order valence-corrected chi connectivity index (χ3v) is 4.46. The molecule has 0 aliphatic heterocycles. The van der Waals surface area contributed by atoms with Gasteiger partial charge in [0.25, 0.3) is 0 Å². The first kappa shape index (κ1) is 20.6. The summed E-state index contributed by atoms with van der Waals surface area (Å²) < 4.78 is 10.6. The molecular formula is C21H28N2O4. The molecule has 2 rings (SSSR count). The Bertz CT molecular complexity index is 700. The Hall–Kier alpha value is -2.76. The van der Waals surface area contributed by atoms with Gasteiger partial charge in [-0.3, -0.25) is 4.79 Å². The smallest absolute Gasteiger partial charge is 0.408 e. The first-order valence-corrected chi connectivity index (χ1v) is 9.29. The maximum atomic E-state index is 12.7. The van der Waals surface area contributed by atoms with Crippen LogP contribution in [0.3, 0.4) is 0 Å². The summed E-state index contributed by atoms with van der Waals surface area (Å²) in [5.41, 5.74) is 0.893. The van der Waals surface area contributed by atoms with Crippen molar-refractivity contribution in [2.45, 2.75) is 52.3 Å². The van der Waals surface area contributed by atoms with E-state index in [4.69, 9.17) is 9.15 Å². The molecule has 6 heteroatoms. The maximum absolute atomic E-state index is 12.7. The highest BCUT2D eigenvalue weighted by molar-refractivity contribution is 5.86. The number of amides is 2. The van der Waals surface area contributed by atoms with Crippen LogP contribution in [0, 0.1) is 5.92 Å². The Labute approximate surface area is 160 Å². The van der Waals surface area contributed by atoms with Crippen LogP contribution in [0.15, 0.2) is 53.1 Å². The van der Waals surface area contributed by atoms with E-state index < -0.39 is 12.1 Å². The quantitative estimate of drug-likeness (QED) is 0.704. The van der Waals surface area contributed by atoms with E-state index in [1.807, 2.05) is 63.2 Å². The number of rotatable bonds is 9. The number of furan rings is 1. The number of carbonyl (C=O) groups is 2. The van der Waals surface area contributed by atoms with E-state index in [1.165, 1.54) is 0 Å². The normalized spacial score (nSPS) is 14.0. The largest absolute Gasteiger partial charge is 0.469 e. The second kappa shape index (κ2) is 10.4. The fourth-order valence-corrected chi connectivity index (χ4v) is 2.71. The lowest BCUT2D eigenvalue weighted by atomic mass is 9.98. The maximum Gasteiger partial charge on any atom is 0.408 e. The van der Waals surface area contributed by atoms with Gasteiger partial charge in [0.05, 0.1) is 6.26 Å². The van der Waals surface area contributed by atoms with Crippen LogP contribution in [0.1, 0.15) is 38.5 Å². The molecule has 146 valence electrons. The van der Waals surface area contributed by atoms with Gasteiger partial charge in [0.15, 0.2) is 0 Å². The highest BCUT2D eigenvalue weighted by Gasteiger charge is 2.27. The van der Waals surface area contributed by atoms with Gasteiger partial charge < -0.3 is 19.8 Å². The molecule has 0 aliphatic rings. The van der Waals surface area contributed by atoms with Gasteiger partial charge >= 0.3 is 6.09 Å². The van der Waals surface area contributed by atoms with Crippen LogP contribution < -0.4 is 10.6 Å². The van der Waals surface area contributed by atoms with Crippen molar-refractivity contribution in [2.24, 2.45) is 5.92 Å². The van der Waals surface area contributed by atoms with Crippen LogP contribution in [-0.2, 0) is 22.6 Å². The second-order valence-corrected chi connectivity index (χ2v) is 6.76. The highest BCUT2D eigenvalue weighted by Crippen LogP contribution is 2.10. The summed E-state index contributed by atoms with van der Waals surface area (Å²) in [5.74, 6) is 0.559. The van der Waals surface area contributed by atoms with Gasteiger partial charge in [-0.05, 0) is 30.5 Å². The summed E-state index contributed by atoms with van der Waals surface area (Å²) in [4.78, 5) is 24.8. The predicted molar refractivity (Wildman–Crippen MR) is 103 cm³/mol. The molecule has 1 aromatic heterocycles. The molecule has 2 amide bonds. The minimum atomic E-state index is -0.655.